The Hall–Kier alpha value is -1.81. The maximum atomic E-state index is 11.9. The highest BCUT2D eigenvalue weighted by Crippen LogP contribution is 2.17. The van der Waals surface area contributed by atoms with Gasteiger partial charge in [0.15, 0.2) is 0 Å². The predicted octanol–water partition coefficient (Wildman–Crippen LogP) is 2.01. The van der Waals surface area contributed by atoms with Crippen molar-refractivity contribution >= 4 is 5.91 Å². The van der Waals surface area contributed by atoms with E-state index in [9.17, 15) is 4.79 Å². The molecule has 0 radical (unpaired) electrons. The molecule has 0 spiro atoms. The molecule has 1 heterocycles. The van der Waals surface area contributed by atoms with E-state index in [1.54, 1.807) is 6.08 Å². The molecule has 1 aromatic rings. The fraction of sp³-hybridized carbons (Fsp3) is 0.438. The number of nitrogens with one attached hydrogen (secondary N) is 2. The van der Waals surface area contributed by atoms with E-state index in [0.29, 0.717) is 25.6 Å². The minimum atomic E-state index is 0.0860. The number of amides is 1. The van der Waals surface area contributed by atoms with E-state index < -0.39 is 0 Å². The summed E-state index contributed by atoms with van der Waals surface area (Å²) in [5.74, 6) is 0.884. The number of hydrogen-bond acceptors (Lipinski definition) is 3. The van der Waals surface area contributed by atoms with E-state index in [1.165, 1.54) is 0 Å². The molecule has 2 N–H and O–H groups in total. The molecule has 1 aliphatic rings. The lowest BCUT2D eigenvalue weighted by atomic mass is 10.1. The zero-order chi connectivity index (χ0) is 14.2. The molecule has 1 unspecified atom stereocenters. The second-order valence-electron chi connectivity index (χ2n) is 4.98. The highest BCUT2D eigenvalue weighted by atomic mass is 16.5. The van der Waals surface area contributed by atoms with Crippen LogP contribution in [0.25, 0.3) is 0 Å². The Balaban J connectivity index is 1.83. The summed E-state index contributed by atoms with van der Waals surface area (Å²) in [5.41, 5.74) is 0.988. The number of carbonyl (C=O) groups is 1. The Morgan fingerprint density at radius 1 is 1.50 bits per heavy atom. The van der Waals surface area contributed by atoms with E-state index in [0.717, 1.165) is 30.7 Å². The van der Waals surface area contributed by atoms with E-state index >= 15 is 0 Å². The van der Waals surface area contributed by atoms with Crippen molar-refractivity contribution in [3.05, 3.63) is 42.5 Å². The number of para-hydroxylation sites is 1. The molecule has 4 heteroatoms. The van der Waals surface area contributed by atoms with Crippen LogP contribution in [0, 0.1) is 0 Å². The summed E-state index contributed by atoms with van der Waals surface area (Å²) in [4.78, 5) is 11.9. The van der Waals surface area contributed by atoms with Gasteiger partial charge in [0.2, 0.25) is 5.91 Å². The minimum absolute atomic E-state index is 0.0860. The van der Waals surface area contributed by atoms with Crippen molar-refractivity contribution in [2.24, 2.45) is 0 Å². The minimum Gasteiger partial charge on any atom is -0.489 e. The zero-order valence-electron chi connectivity index (χ0n) is 11.7. The van der Waals surface area contributed by atoms with Gasteiger partial charge < -0.3 is 15.4 Å². The Morgan fingerprint density at radius 3 is 3.10 bits per heavy atom. The lowest BCUT2D eigenvalue weighted by Gasteiger charge is -2.13. The van der Waals surface area contributed by atoms with Crippen molar-refractivity contribution in [3.8, 4) is 5.75 Å². The average Bonchev–Trinajstić information content (AvgIpc) is 2.96. The molecule has 108 valence electrons. The molecule has 0 aliphatic carbocycles. The third-order valence-electron chi connectivity index (χ3n) is 3.40. The SMILES string of the molecule is C=CCOc1ccccc1CNC(=O)CC1CCCN1. The fourth-order valence-electron chi connectivity index (χ4n) is 2.36. The quantitative estimate of drug-likeness (QED) is 0.748. The van der Waals surface area contributed by atoms with Gasteiger partial charge in [0, 0.05) is 24.6 Å². The Morgan fingerprint density at radius 2 is 2.35 bits per heavy atom. The van der Waals surface area contributed by atoms with Gasteiger partial charge in [-0.1, -0.05) is 30.9 Å². The summed E-state index contributed by atoms with van der Waals surface area (Å²) in [6.07, 6.45) is 4.51. The van der Waals surface area contributed by atoms with Gasteiger partial charge in [-0.2, -0.15) is 0 Å². The van der Waals surface area contributed by atoms with Gasteiger partial charge in [-0.05, 0) is 25.5 Å². The third-order valence-corrected chi connectivity index (χ3v) is 3.40. The van der Waals surface area contributed by atoms with Crippen molar-refractivity contribution in [2.45, 2.75) is 31.8 Å². The molecule has 0 bridgehead atoms. The normalized spacial score (nSPS) is 17.7. The number of benzene rings is 1. The Labute approximate surface area is 120 Å². The highest BCUT2D eigenvalue weighted by molar-refractivity contribution is 5.76. The molecule has 1 aromatic carbocycles. The number of rotatable bonds is 7. The van der Waals surface area contributed by atoms with Gasteiger partial charge in [0.05, 0.1) is 0 Å². The van der Waals surface area contributed by atoms with E-state index in [1.807, 2.05) is 24.3 Å². The van der Waals surface area contributed by atoms with Crippen LogP contribution in [0.1, 0.15) is 24.8 Å². The Kier molecular flexibility index (Phi) is 5.62. The van der Waals surface area contributed by atoms with Gasteiger partial charge in [-0.3, -0.25) is 4.79 Å². The van der Waals surface area contributed by atoms with Crippen LogP contribution in [-0.2, 0) is 11.3 Å². The Bertz CT molecular complexity index is 454. The van der Waals surface area contributed by atoms with Crippen LogP contribution in [0.3, 0.4) is 0 Å². The van der Waals surface area contributed by atoms with E-state index in [4.69, 9.17) is 4.74 Å². The maximum absolute atomic E-state index is 11.9. The molecule has 1 atom stereocenters. The molecule has 1 saturated heterocycles. The summed E-state index contributed by atoms with van der Waals surface area (Å²) in [6, 6.07) is 8.07. The molecule has 1 amide bonds. The molecule has 0 aromatic heterocycles. The second-order valence-corrected chi connectivity index (χ2v) is 4.98. The van der Waals surface area contributed by atoms with Gasteiger partial charge in [0.1, 0.15) is 12.4 Å². The molecule has 20 heavy (non-hydrogen) atoms. The molecule has 0 saturated carbocycles. The molecule has 4 nitrogen and oxygen atoms in total. The fourth-order valence-corrected chi connectivity index (χ4v) is 2.36. The monoisotopic (exact) mass is 274 g/mol. The van der Waals surface area contributed by atoms with Gasteiger partial charge in [-0.15, -0.1) is 0 Å². The largest absolute Gasteiger partial charge is 0.489 e. The van der Waals surface area contributed by atoms with Crippen molar-refractivity contribution in [1.82, 2.24) is 10.6 Å². The molecule has 2 rings (SSSR count). The second kappa shape index (κ2) is 7.70. The summed E-state index contributed by atoms with van der Waals surface area (Å²) < 4.78 is 5.57. The average molecular weight is 274 g/mol. The van der Waals surface area contributed by atoms with Crippen LogP contribution in [0.2, 0.25) is 0 Å². The van der Waals surface area contributed by atoms with Gasteiger partial charge in [0.25, 0.3) is 0 Å². The molecular formula is C16H22N2O2. The summed E-state index contributed by atoms with van der Waals surface area (Å²) in [6.45, 7) is 5.63. The topological polar surface area (TPSA) is 50.4 Å². The molecule has 1 aliphatic heterocycles. The van der Waals surface area contributed by atoms with Crippen LogP contribution in [0.5, 0.6) is 5.75 Å². The van der Waals surface area contributed by atoms with Crippen LogP contribution >= 0.6 is 0 Å². The van der Waals surface area contributed by atoms with Crippen LogP contribution in [0.15, 0.2) is 36.9 Å². The van der Waals surface area contributed by atoms with Crippen molar-refractivity contribution in [1.29, 1.82) is 0 Å². The summed E-state index contributed by atoms with van der Waals surface area (Å²) >= 11 is 0. The third kappa shape index (κ3) is 4.38. The number of ether oxygens (including phenoxy) is 1. The summed E-state index contributed by atoms with van der Waals surface area (Å²) in [7, 11) is 0. The number of carbonyl (C=O) groups excluding carboxylic acids is 1. The van der Waals surface area contributed by atoms with E-state index in [-0.39, 0.29) is 5.91 Å². The van der Waals surface area contributed by atoms with Crippen molar-refractivity contribution in [2.75, 3.05) is 13.2 Å². The summed E-state index contributed by atoms with van der Waals surface area (Å²) in [5, 5.41) is 6.29. The highest BCUT2D eigenvalue weighted by Gasteiger charge is 2.17. The first-order valence-corrected chi connectivity index (χ1v) is 7.11. The maximum Gasteiger partial charge on any atom is 0.221 e. The lowest BCUT2D eigenvalue weighted by molar-refractivity contribution is -0.121. The van der Waals surface area contributed by atoms with Crippen LogP contribution < -0.4 is 15.4 Å². The van der Waals surface area contributed by atoms with Gasteiger partial charge >= 0.3 is 0 Å². The first kappa shape index (κ1) is 14.6. The lowest BCUT2D eigenvalue weighted by Crippen LogP contribution is -2.31. The smallest absolute Gasteiger partial charge is 0.221 e. The van der Waals surface area contributed by atoms with Gasteiger partial charge in [-0.25, -0.2) is 0 Å². The van der Waals surface area contributed by atoms with Crippen molar-refractivity contribution < 1.29 is 9.53 Å². The molecule has 1 fully saturated rings. The van der Waals surface area contributed by atoms with Crippen molar-refractivity contribution in [3.63, 3.8) is 0 Å². The number of hydrogen-bond donors (Lipinski definition) is 2. The standard InChI is InChI=1S/C16H22N2O2/c1-2-10-20-15-8-4-3-6-13(15)12-18-16(19)11-14-7-5-9-17-14/h2-4,6,8,14,17H,1,5,7,9-12H2,(H,18,19). The first-order valence-electron chi connectivity index (χ1n) is 7.11. The predicted molar refractivity (Wildman–Crippen MR) is 79.6 cm³/mol. The van der Waals surface area contributed by atoms with E-state index in [2.05, 4.69) is 17.2 Å². The first-order chi connectivity index (χ1) is 9.79. The zero-order valence-corrected chi connectivity index (χ0v) is 11.7. The van der Waals surface area contributed by atoms with Crippen LogP contribution in [0.4, 0.5) is 0 Å². The molecular weight excluding hydrogens is 252 g/mol. The van der Waals surface area contributed by atoms with Crippen LogP contribution in [-0.4, -0.2) is 25.1 Å².